The Labute approximate surface area is 232 Å². The Kier molecular flexibility index (Phi) is 5.39. The van der Waals surface area contributed by atoms with Crippen LogP contribution >= 0.6 is 0 Å². The maximum atomic E-state index is 14.7. The van der Waals surface area contributed by atoms with E-state index < -0.39 is 23.4 Å². The lowest BCUT2D eigenvalue weighted by Gasteiger charge is -2.37. The Morgan fingerprint density at radius 1 is 0.825 bits per heavy atom. The molecule has 4 aromatic carbocycles. The number of aryl methyl sites for hydroxylation is 1. The molecule has 4 aromatic rings. The first-order valence-corrected chi connectivity index (χ1v) is 13.5. The van der Waals surface area contributed by atoms with Gasteiger partial charge in [-0.15, -0.1) is 0 Å². The van der Waals surface area contributed by atoms with Gasteiger partial charge in [0.25, 0.3) is 0 Å². The second-order valence-corrected chi connectivity index (χ2v) is 10.8. The van der Waals surface area contributed by atoms with Gasteiger partial charge >= 0.3 is 0 Å². The molecule has 0 N–H and O–H groups in total. The van der Waals surface area contributed by atoms with Gasteiger partial charge in [-0.3, -0.25) is 14.4 Å². The van der Waals surface area contributed by atoms with Gasteiger partial charge < -0.3 is 9.64 Å². The number of rotatable bonds is 4. The van der Waals surface area contributed by atoms with Crippen molar-refractivity contribution >= 4 is 29.1 Å². The van der Waals surface area contributed by atoms with Crippen molar-refractivity contribution in [1.82, 2.24) is 0 Å². The number of anilines is 1. The third-order valence-corrected chi connectivity index (χ3v) is 8.74. The van der Waals surface area contributed by atoms with E-state index >= 15 is 0 Å². The monoisotopic (exact) mass is 525 g/mol. The van der Waals surface area contributed by atoms with Gasteiger partial charge in [0.1, 0.15) is 17.2 Å². The molecule has 3 aliphatic rings. The standard InChI is InChI=1S/C35H27NO4/c1-21-15-17-28-23(19-21)16-18-29-35(33(38)26-13-6-7-14-27(26)34(35)39)30(22-9-4-3-5-10-22)31(36(28)29)32(37)24-11-8-12-25(20-24)40-2/h3-20,29-31H,1-2H3/t29?,30-,31+/m0/s1. The van der Waals surface area contributed by atoms with Crippen LogP contribution in [0, 0.1) is 12.3 Å². The van der Waals surface area contributed by atoms with E-state index in [4.69, 9.17) is 4.74 Å². The second-order valence-electron chi connectivity index (χ2n) is 10.8. The molecule has 0 amide bonds. The predicted octanol–water partition coefficient (Wildman–Crippen LogP) is 6.32. The summed E-state index contributed by atoms with van der Waals surface area (Å²) in [5.41, 5.74) is 3.49. The minimum absolute atomic E-state index is 0.159. The van der Waals surface area contributed by atoms with Gasteiger partial charge in [-0.1, -0.05) is 90.5 Å². The molecule has 1 fully saturated rings. The summed E-state index contributed by atoms with van der Waals surface area (Å²) in [5.74, 6) is -0.757. The van der Waals surface area contributed by atoms with Crippen LogP contribution in [0.4, 0.5) is 5.69 Å². The van der Waals surface area contributed by atoms with Crippen LogP contribution in [0.15, 0.2) is 103 Å². The Morgan fingerprint density at radius 3 is 2.23 bits per heavy atom. The Hall–Kier alpha value is -4.77. The lowest BCUT2D eigenvalue weighted by Crippen LogP contribution is -2.48. The third-order valence-electron chi connectivity index (χ3n) is 8.74. The zero-order chi connectivity index (χ0) is 27.6. The maximum absolute atomic E-state index is 14.7. The number of hydrogen-bond acceptors (Lipinski definition) is 5. The summed E-state index contributed by atoms with van der Waals surface area (Å²) in [6.45, 7) is 2.03. The highest BCUT2D eigenvalue weighted by molar-refractivity contribution is 6.32. The molecule has 1 saturated heterocycles. The minimum Gasteiger partial charge on any atom is -0.497 e. The van der Waals surface area contributed by atoms with E-state index in [9.17, 15) is 14.4 Å². The summed E-state index contributed by atoms with van der Waals surface area (Å²) >= 11 is 0. The quantitative estimate of drug-likeness (QED) is 0.231. The predicted molar refractivity (Wildman–Crippen MR) is 154 cm³/mol. The van der Waals surface area contributed by atoms with Crippen molar-refractivity contribution in [3.8, 4) is 5.75 Å². The lowest BCUT2D eigenvalue weighted by atomic mass is 9.64. The Balaban J connectivity index is 1.54. The number of benzene rings is 4. The molecule has 0 radical (unpaired) electrons. The zero-order valence-corrected chi connectivity index (χ0v) is 22.2. The van der Waals surface area contributed by atoms with Crippen molar-refractivity contribution in [3.63, 3.8) is 0 Å². The molecule has 0 saturated carbocycles. The number of ketones is 3. The van der Waals surface area contributed by atoms with Crippen molar-refractivity contribution in [2.45, 2.75) is 24.9 Å². The highest BCUT2D eigenvalue weighted by Gasteiger charge is 2.71. The number of hydrogen-bond donors (Lipinski definition) is 0. The number of ether oxygens (including phenoxy) is 1. The van der Waals surface area contributed by atoms with E-state index in [1.807, 2.05) is 66.4 Å². The fourth-order valence-electron chi connectivity index (χ4n) is 7.08. The van der Waals surface area contributed by atoms with E-state index in [1.165, 1.54) is 0 Å². The van der Waals surface area contributed by atoms with Crippen molar-refractivity contribution in [1.29, 1.82) is 0 Å². The SMILES string of the molecule is COc1cccc(C(=O)[C@H]2[C@H](c3ccccc3)C3(C(=O)c4ccccc4C3=O)C3C=Cc4cc(C)ccc4N32)c1. The number of Topliss-reactive ketones (excluding diaryl/α,β-unsaturated/α-hetero) is 3. The van der Waals surface area contributed by atoms with Gasteiger partial charge in [0.05, 0.1) is 13.2 Å². The minimum atomic E-state index is -1.50. The Morgan fingerprint density at radius 2 is 1.52 bits per heavy atom. The number of nitrogens with zero attached hydrogens (tertiary/aromatic N) is 1. The lowest BCUT2D eigenvalue weighted by molar-refractivity contribution is 0.0666. The molecule has 2 aliphatic heterocycles. The normalized spacial score (nSPS) is 21.8. The summed E-state index contributed by atoms with van der Waals surface area (Å²) in [7, 11) is 1.57. The molecular weight excluding hydrogens is 498 g/mol. The van der Waals surface area contributed by atoms with Crippen LogP contribution in [0.2, 0.25) is 0 Å². The van der Waals surface area contributed by atoms with Crippen LogP contribution < -0.4 is 9.64 Å². The van der Waals surface area contributed by atoms with Crippen LogP contribution in [0.1, 0.15) is 53.7 Å². The molecule has 3 atom stereocenters. The van der Waals surface area contributed by atoms with Gasteiger partial charge in [-0.2, -0.15) is 0 Å². The first-order valence-electron chi connectivity index (χ1n) is 13.5. The molecule has 0 bridgehead atoms. The highest BCUT2D eigenvalue weighted by Crippen LogP contribution is 2.61. The molecule has 196 valence electrons. The van der Waals surface area contributed by atoms with Crippen molar-refractivity contribution in [2.75, 3.05) is 12.0 Å². The van der Waals surface area contributed by atoms with E-state index in [1.54, 1.807) is 55.6 Å². The van der Waals surface area contributed by atoms with Crippen LogP contribution in [0.5, 0.6) is 5.75 Å². The van der Waals surface area contributed by atoms with E-state index in [0.717, 1.165) is 22.4 Å². The van der Waals surface area contributed by atoms with Gasteiger partial charge in [0.15, 0.2) is 17.3 Å². The van der Waals surface area contributed by atoms with Gasteiger partial charge in [0, 0.05) is 28.3 Å². The van der Waals surface area contributed by atoms with Crippen LogP contribution in [0.3, 0.4) is 0 Å². The van der Waals surface area contributed by atoms with Crippen LogP contribution in [-0.4, -0.2) is 36.5 Å². The third kappa shape index (κ3) is 3.18. The van der Waals surface area contributed by atoms with E-state index in [0.29, 0.717) is 22.4 Å². The largest absolute Gasteiger partial charge is 0.497 e. The fourth-order valence-corrected chi connectivity index (χ4v) is 7.08. The molecule has 40 heavy (non-hydrogen) atoms. The van der Waals surface area contributed by atoms with Gasteiger partial charge in [0.2, 0.25) is 0 Å². The molecular formula is C35H27NO4. The summed E-state index contributed by atoms with van der Waals surface area (Å²) in [5, 5.41) is 0. The van der Waals surface area contributed by atoms with Crippen LogP contribution in [0.25, 0.3) is 6.08 Å². The molecule has 2 heterocycles. The average Bonchev–Trinajstić information content (AvgIpc) is 3.43. The average molecular weight is 526 g/mol. The van der Waals surface area contributed by atoms with Gasteiger partial charge in [-0.05, 0) is 42.3 Å². The first-order chi connectivity index (χ1) is 19.5. The van der Waals surface area contributed by atoms with E-state index in [2.05, 4.69) is 6.07 Å². The highest BCUT2D eigenvalue weighted by atomic mass is 16.5. The van der Waals surface area contributed by atoms with E-state index in [-0.39, 0.29) is 17.3 Å². The maximum Gasteiger partial charge on any atom is 0.186 e. The van der Waals surface area contributed by atoms with Gasteiger partial charge in [-0.25, -0.2) is 0 Å². The molecule has 5 heteroatoms. The molecule has 7 rings (SSSR count). The summed E-state index contributed by atoms with van der Waals surface area (Å²) in [6.07, 6.45) is 3.95. The molecule has 1 spiro atoms. The Bertz CT molecular complexity index is 1700. The molecule has 1 unspecified atom stereocenters. The summed E-state index contributed by atoms with van der Waals surface area (Å²) < 4.78 is 5.44. The topological polar surface area (TPSA) is 63.7 Å². The fraction of sp³-hybridized carbons (Fsp3) is 0.171. The number of methoxy groups -OCH3 is 1. The number of carbonyl (C=O) groups is 3. The van der Waals surface area contributed by atoms with Crippen LogP contribution in [-0.2, 0) is 0 Å². The smallest absolute Gasteiger partial charge is 0.186 e. The number of carbonyl (C=O) groups excluding carboxylic acids is 3. The van der Waals surface area contributed by atoms with Crippen molar-refractivity contribution in [3.05, 3.63) is 137 Å². The van der Waals surface area contributed by atoms with Crippen molar-refractivity contribution < 1.29 is 19.1 Å². The molecule has 1 aliphatic carbocycles. The zero-order valence-electron chi connectivity index (χ0n) is 22.2. The summed E-state index contributed by atoms with van der Waals surface area (Å²) in [4.78, 5) is 46.0. The molecule has 0 aromatic heterocycles. The number of fused-ring (bicyclic) bond motifs is 5. The second kappa shape index (κ2) is 8.88. The first kappa shape index (κ1) is 24.3. The summed E-state index contributed by atoms with van der Waals surface area (Å²) in [6, 6.07) is 28.4. The molecule has 5 nitrogen and oxygen atoms in total. The van der Waals surface area contributed by atoms with Crippen molar-refractivity contribution in [2.24, 2.45) is 5.41 Å².